The fourth-order valence-corrected chi connectivity index (χ4v) is 2.59. The maximum Gasteiger partial charge on any atom is 0.210 e. The van der Waals surface area contributed by atoms with E-state index in [1.54, 1.807) is 5.51 Å². The van der Waals surface area contributed by atoms with Crippen LogP contribution < -0.4 is 5.32 Å². The molecule has 0 saturated heterocycles. The normalized spacial score (nSPS) is 11.2. The van der Waals surface area contributed by atoms with E-state index in [2.05, 4.69) is 20.3 Å². The molecule has 0 atom stereocenters. The van der Waals surface area contributed by atoms with Crippen molar-refractivity contribution < 1.29 is 4.42 Å². The Morgan fingerprint density at radius 3 is 2.79 bits per heavy atom. The maximum absolute atomic E-state index is 5.76. The molecular weight excluding hydrogens is 260 g/mol. The number of thiazole rings is 1. The van der Waals surface area contributed by atoms with Gasteiger partial charge in [0.15, 0.2) is 11.4 Å². The summed E-state index contributed by atoms with van der Waals surface area (Å²) in [4.78, 5) is 13.5. The van der Waals surface area contributed by atoms with Gasteiger partial charge in [0.2, 0.25) is 4.90 Å². The summed E-state index contributed by atoms with van der Waals surface area (Å²) >= 11 is 1.45. The van der Waals surface area contributed by atoms with Gasteiger partial charge in [-0.1, -0.05) is 29.5 Å². The number of aromatic nitrogens is 3. The van der Waals surface area contributed by atoms with Gasteiger partial charge >= 0.3 is 0 Å². The molecule has 0 aliphatic heterocycles. The standard InChI is InChI=1S/C13H8N4OS/c1-2-4-8(5-3-1)17-12-11-9(14-6-15-12)10-13(18-11)19-7-16-10/h1-7H,(H,14,15,17). The van der Waals surface area contributed by atoms with Crippen LogP contribution in [-0.4, -0.2) is 15.0 Å². The van der Waals surface area contributed by atoms with Gasteiger partial charge in [-0.3, -0.25) is 0 Å². The van der Waals surface area contributed by atoms with Crippen LogP contribution in [0.3, 0.4) is 0 Å². The molecule has 5 nitrogen and oxygen atoms in total. The fourth-order valence-electron chi connectivity index (χ4n) is 1.94. The lowest BCUT2D eigenvalue weighted by molar-refractivity contribution is 0.676. The summed E-state index contributed by atoms with van der Waals surface area (Å²) < 4.78 is 5.76. The number of hydrogen-bond donors (Lipinski definition) is 1. The number of fused-ring (bicyclic) bond motifs is 3. The average molecular weight is 268 g/mol. The molecule has 4 aromatic rings. The highest BCUT2D eigenvalue weighted by Gasteiger charge is 2.15. The highest BCUT2D eigenvalue weighted by Crippen LogP contribution is 2.32. The van der Waals surface area contributed by atoms with Crippen LogP contribution in [0, 0.1) is 0 Å². The van der Waals surface area contributed by atoms with Gasteiger partial charge in [-0.25, -0.2) is 15.0 Å². The summed E-state index contributed by atoms with van der Waals surface area (Å²) in [7, 11) is 0. The monoisotopic (exact) mass is 268 g/mol. The summed E-state index contributed by atoms with van der Waals surface area (Å²) in [6.45, 7) is 0. The van der Waals surface area contributed by atoms with Crippen molar-refractivity contribution >= 4 is 44.4 Å². The van der Waals surface area contributed by atoms with Crippen molar-refractivity contribution in [2.24, 2.45) is 0 Å². The molecule has 0 saturated carbocycles. The molecule has 0 fully saturated rings. The first-order valence-corrected chi connectivity index (χ1v) is 6.58. The molecule has 3 aromatic heterocycles. The third-order valence-corrected chi connectivity index (χ3v) is 3.50. The predicted octanol–water partition coefficient (Wildman–Crippen LogP) is 3.58. The zero-order chi connectivity index (χ0) is 12.7. The molecule has 6 heteroatoms. The second-order valence-corrected chi connectivity index (χ2v) is 4.80. The van der Waals surface area contributed by atoms with Crippen LogP contribution >= 0.6 is 11.3 Å². The van der Waals surface area contributed by atoms with Gasteiger partial charge < -0.3 is 9.73 Å². The lowest BCUT2D eigenvalue weighted by atomic mass is 10.3. The summed E-state index contributed by atoms with van der Waals surface area (Å²) in [5.74, 6) is 0.654. The molecule has 0 amide bonds. The second-order valence-electron chi connectivity index (χ2n) is 3.98. The quantitative estimate of drug-likeness (QED) is 0.602. The van der Waals surface area contributed by atoms with Gasteiger partial charge in [0, 0.05) is 5.69 Å². The van der Waals surface area contributed by atoms with Crippen molar-refractivity contribution in [3.8, 4) is 0 Å². The number of nitrogens with zero attached hydrogens (tertiary/aromatic N) is 3. The van der Waals surface area contributed by atoms with Crippen molar-refractivity contribution in [2.45, 2.75) is 0 Å². The van der Waals surface area contributed by atoms with Crippen molar-refractivity contribution in [2.75, 3.05) is 5.32 Å². The van der Waals surface area contributed by atoms with E-state index in [0.717, 1.165) is 21.6 Å². The molecule has 0 radical (unpaired) electrons. The SMILES string of the molecule is c1ccc(Nc2ncnc3c2oc2scnc23)cc1. The van der Waals surface area contributed by atoms with Crippen molar-refractivity contribution in [3.63, 3.8) is 0 Å². The first-order chi connectivity index (χ1) is 9.42. The van der Waals surface area contributed by atoms with E-state index < -0.39 is 0 Å². The Morgan fingerprint density at radius 2 is 1.89 bits per heavy atom. The van der Waals surface area contributed by atoms with E-state index in [4.69, 9.17) is 4.42 Å². The van der Waals surface area contributed by atoms with Crippen LogP contribution in [0.5, 0.6) is 0 Å². The zero-order valence-corrected chi connectivity index (χ0v) is 10.5. The van der Waals surface area contributed by atoms with Crippen LogP contribution in [0.1, 0.15) is 0 Å². The van der Waals surface area contributed by atoms with Crippen LogP contribution in [-0.2, 0) is 0 Å². The molecule has 1 aromatic carbocycles. The molecule has 0 spiro atoms. The van der Waals surface area contributed by atoms with E-state index in [0.29, 0.717) is 11.4 Å². The van der Waals surface area contributed by atoms with Crippen LogP contribution in [0.25, 0.3) is 21.5 Å². The number of benzene rings is 1. The first-order valence-electron chi connectivity index (χ1n) is 5.70. The molecule has 92 valence electrons. The number of hydrogen-bond acceptors (Lipinski definition) is 6. The van der Waals surface area contributed by atoms with Crippen LogP contribution in [0.4, 0.5) is 11.5 Å². The van der Waals surface area contributed by atoms with Crippen molar-refractivity contribution in [1.82, 2.24) is 15.0 Å². The third kappa shape index (κ3) is 1.65. The second kappa shape index (κ2) is 4.03. The van der Waals surface area contributed by atoms with Gasteiger partial charge in [-0.2, -0.15) is 0 Å². The van der Waals surface area contributed by atoms with Crippen LogP contribution in [0.2, 0.25) is 0 Å². The summed E-state index contributed by atoms with van der Waals surface area (Å²) in [6, 6.07) is 9.83. The molecule has 0 aliphatic carbocycles. The number of nitrogens with one attached hydrogen (secondary N) is 1. The molecule has 4 rings (SSSR count). The molecule has 3 heterocycles. The van der Waals surface area contributed by atoms with Crippen LogP contribution in [0.15, 0.2) is 46.6 Å². The zero-order valence-electron chi connectivity index (χ0n) is 9.70. The Hall–Kier alpha value is -2.47. The Kier molecular flexibility index (Phi) is 2.22. The molecule has 1 N–H and O–H groups in total. The highest BCUT2D eigenvalue weighted by atomic mass is 32.1. The fraction of sp³-hybridized carbons (Fsp3) is 0. The van der Waals surface area contributed by atoms with Crippen molar-refractivity contribution in [3.05, 3.63) is 42.2 Å². The Labute approximate surface area is 111 Å². The molecule has 0 aliphatic rings. The van der Waals surface area contributed by atoms with E-state index in [-0.39, 0.29) is 0 Å². The average Bonchev–Trinajstić information content (AvgIpc) is 3.01. The predicted molar refractivity (Wildman–Crippen MR) is 74.7 cm³/mol. The Bertz CT molecular complexity index is 853. The minimum Gasteiger partial charge on any atom is -0.438 e. The topological polar surface area (TPSA) is 63.8 Å². The minimum atomic E-state index is 0.640. The summed E-state index contributed by atoms with van der Waals surface area (Å²) in [5, 5.41) is 3.23. The Balaban J connectivity index is 1.89. The number of rotatable bonds is 2. The van der Waals surface area contributed by atoms with Gasteiger partial charge in [0.05, 0.1) is 5.51 Å². The smallest absolute Gasteiger partial charge is 0.210 e. The molecule has 0 bridgehead atoms. The van der Waals surface area contributed by atoms with Crippen molar-refractivity contribution in [1.29, 1.82) is 0 Å². The highest BCUT2D eigenvalue weighted by molar-refractivity contribution is 7.16. The molecule has 0 unspecified atom stereocenters. The van der Waals surface area contributed by atoms with E-state index >= 15 is 0 Å². The summed E-state index contributed by atoms with van der Waals surface area (Å²) in [6.07, 6.45) is 1.52. The molecular formula is C13H8N4OS. The maximum atomic E-state index is 5.76. The van der Waals surface area contributed by atoms with Gasteiger partial charge in [0.1, 0.15) is 17.4 Å². The number of anilines is 2. The molecule has 19 heavy (non-hydrogen) atoms. The van der Waals surface area contributed by atoms with E-state index in [9.17, 15) is 0 Å². The lowest BCUT2D eigenvalue weighted by Crippen LogP contribution is -1.94. The minimum absolute atomic E-state index is 0.640. The summed E-state index contributed by atoms with van der Waals surface area (Å²) in [5.41, 5.74) is 4.87. The van der Waals surface area contributed by atoms with E-state index in [1.165, 1.54) is 17.7 Å². The first kappa shape index (κ1) is 10.5. The lowest BCUT2D eigenvalue weighted by Gasteiger charge is -2.04. The Morgan fingerprint density at radius 1 is 1.00 bits per heavy atom. The van der Waals surface area contributed by atoms with E-state index in [1.807, 2.05) is 30.3 Å². The number of para-hydroxylation sites is 1. The van der Waals surface area contributed by atoms with Gasteiger partial charge in [-0.05, 0) is 12.1 Å². The number of furan rings is 1. The van der Waals surface area contributed by atoms with Gasteiger partial charge in [0.25, 0.3) is 0 Å². The van der Waals surface area contributed by atoms with Gasteiger partial charge in [-0.15, -0.1) is 0 Å². The largest absolute Gasteiger partial charge is 0.438 e. The third-order valence-electron chi connectivity index (χ3n) is 2.79.